The van der Waals surface area contributed by atoms with E-state index in [1.54, 1.807) is 13.3 Å². The Morgan fingerprint density at radius 1 is 1.16 bits per heavy atom. The maximum atomic E-state index is 12.1. The van der Waals surface area contributed by atoms with Crippen molar-refractivity contribution in [3.8, 4) is 11.4 Å². The van der Waals surface area contributed by atoms with Gasteiger partial charge in [-0.2, -0.15) is 5.10 Å². The maximum absolute atomic E-state index is 12.1. The Morgan fingerprint density at radius 3 is 2.76 bits per heavy atom. The van der Waals surface area contributed by atoms with Crippen LogP contribution in [-0.2, 0) is 6.54 Å². The summed E-state index contributed by atoms with van der Waals surface area (Å²) in [5, 5.41) is 9.95. The third-order valence-corrected chi connectivity index (χ3v) is 3.77. The third-order valence-electron chi connectivity index (χ3n) is 3.77. The Morgan fingerprint density at radius 2 is 2.00 bits per heavy atom. The zero-order chi connectivity index (χ0) is 17.6. The highest BCUT2D eigenvalue weighted by Crippen LogP contribution is 2.16. The first-order chi connectivity index (χ1) is 12.2. The van der Waals surface area contributed by atoms with Crippen LogP contribution in [-0.4, -0.2) is 22.9 Å². The van der Waals surface area contributed by atoms with Gasteiger partial charge in [0.25, 0.3) is 0 Å². The fraction of sp³-hybridized carbons (Fsp3) is 0.158. The molecule has 0 atom stereocenters. The lowest BCUT2D eigenvalue weighted by Crippen LogP contribution is -2.28. The molecule has 1 heterocycles. The number of nitrogens with one attached hydrogen (secondary N) is 2. The first-order valence-electron chi connectivity index (χ1n) is 7.94. The van der Waals surface area contributed by atoms with Gasteiger partial charge in [0.2, 0.25) is 0 Å². The lowest BCUT2D eigenvalue weighted by Gasteiger charge is -2.10. The highest BCUT2D eigenvalue weighted by molar-refractivity contribution is 5.89. The van der Waals surface area contributed by atoms with Gasteiger partial charge in [0, 0.05) is 24.1 Å². The lowest BCUT2D eigenvalue weighted by atomic mass is 10.2. The maximum Gasteiger partial charge on any atom is 0.319 e. The second-order valence-electron chi connectivity index (χ2n) is 5.59. The minimum atomic E-state index is -0.267. The molecule has 0 aliphatic carbocycles. The Balaban J connectivity index is 1.62. The molecule has 25 heavy (non-hydrogen) atoms. The fourth-order valence-electron chi connectivity index (χ4n) is 2.50. The molecule has 0 saturated heterocycles. The van der Waals surface area contributed by atoms with Crippen molar-refractivity contribution in [2.24, 2.45) is 0 Å². The highest BCUT2D eigenvalue weighted by atomic mass is 16.5. The van der Waals surface area contributed by atoms with Crippen molar-refractivity contribution < 1.29 is 9.53 Å². The topological polar surface area (TPSA) is 68.2 Å². The van der Waals surface area contributed by atoms with Crippen molar-refractivity contribution >= 4 is 11.7 Å². The number of anilines is 1. The molecule has 128 valence electrons. The predicted octanol–water partition coefficient (Wildman–Crippen LogP) is 3.51. The number of ether oxygens (including phenoxy) is 1. The van der Waals surface area contributed by atoms with Crippen LogP contribution in [0, 0.1) is 6.92 Å². The number of carbonyl (C=O) groups is 1. The number of hydrogen-bond donors (Lipinski definition) is 2. The van der Waals surface area contributed by atoms with E-state index in [-0.39, 0.29) is 6.03 Å². The van der Waals surface area contributed by atoms with Gasteiger partial charge in [-0.25, -0.2) is 9.48 Å². The van der Waals surface area contributed by atoms with Crippen molar-refractivity contribution in [2.45, 2.75) is 13.5 Å². The molecule has 0 fully saturated rings. The number of methoxy groups -OCH3 is 1. The molecule has 2 aromatic carbocycles. The van der Waals surface area contributed by atoms with Crippen LogP contribution in [0.4, 0.5) is 10.5 Å². The third kappa shape index (κ3) is 4.17. The molecule has 0 bridgehead atoms. The summed E-state index contributed by atoms with van der Waals surface area (Å²) in [6.45, 7) is 2.40. The molecular formula is C19H20N4O2. The molecule has 0 radical (unpaired) electrons. The van der Waals surface area contributed by atoms with E-state index in [0.717, 1.165) is 22.7 Å². The molecule has 0 aliphatic heterocycles. The zero-order valence-electron chi connectivity index (χ0n) is 14.2. The molecule has 6 nitrogen and oxygen atoms in total. The van der Waals surface area contributed by atoms with E-state index < -0.39 is 0 Å². The number of urea groups is 1. The molecule has 3 aromatic rings. The quantitative estimate of drug-likeness (QED) is 0.749. The monoisotopic (exact) mass is 336 g/mol. The van der Waals surface area contributed by atoms with Gasteiger partial charge in [0.05, 0.1) is 12.8 Å². The minimum absolute atomic E-state index is 0.267. The standard InChI is InChI=1S/C19H20N4O2/c1-14-9-10-21-23(14)17-7-4-6-16(12-17)22-19(24)20-13-15-5-3-8-18(11-15)25-2/h3-12H,13H2,1-2H3,(H2,20,22,24). The van der Waals surface area contributed by atoms with Crippen LogP contribution in [0.2, 0.25) is 0 Å². The van der Waals surface area contributed by atoms with Gasteiger partial charge in [-0.15, -0.1) is 0 Å². The van der Waals surface area contributed by atoms with Crippen LogP contribution in [0.3, 0.4) is 0 Å². The van der Waals surface area contributed by atoms with Crippen molar-refractivity contribution in [3.63, 3.8) is 0 Å². The van der Waals surface area contributed by atoms with Gasteiger partial charge in [0.1, 0.15) is 5.75 Å². The molecule has 0 aliphatic rings. The van der Waals surface area contributed by atoms with Gasteiger partial charge < -0.3 is 15.4 Å². The normalized spacial score (nSPS) is 10.3. The molecule has 0 unspecified atom stereocenters. The van der Waals surface area contributed by atoms with Crippen LogP contribution >= 0.6 is 0 Å². The molecule has 3 rings (SSSR count). The summed E-state index contributed by atoms with van der Waals surface area (Å²) < 4.78 is 7.00. The number of nitrogens with zero attached hydrogens (tertiary/aromatic N) is 2. The van der Waals surface area contributed by atoms with Gasteiger partial charge in [-0.1, -0.05) is 18.2 Å². The summed E-state index contributed by atoms with van der Waals surface area (Å²) in [5.74, 6) is 0.766. The molecule has 1 aromatic heterocycles. The number of carbonyl (C=O) groups excluding carboxylic acids is 1. The molecule has 2 amide bonds. The van der Waals surface area contributed by atoms with Crippen molar-refractivity contribution in [3.05, 3.63) is 72.1 Å². The number of aromatic nitrogens is 2. The van der Waals surface area contributed by atoms with Crippen molar-refractivity contribution in [2.75, 3.05) is 12.4 Å². The number of amides is 2. The SMILES string of the molecule is COc1cccc(CNC(=O)Nc2cccc(-n3nccc3C)c2)c1. The summed E-state index contributed by atoms with van der Waals surface area (Å²) in [5.41, 5.74) is 3.60. The second-order valence-corrected chi connectivity index (χ2v) is 5.59. The second kappa shape index (κ2) is 7.53. The minimum Gasteiger partial charge on any atom is -0.497 e. The molecule has 6 heteroatoms. The van der Waals surface area contributed by atoms with Gasteiger partial charge in [-0.05, 0) is 48.9 Å². The number of benzene rings is 2. The highest BCUT2D eigenvalue weighted by Gasteiger charge is 2.05. The van der Waals surface area contributed by atoms with E-state index in [9.17, 15) is 4.79 Å². The Bertz CT molecular complexity index is 873. The Hall–Kier alpha value is -3.28. The fourth-order valence-corrected chi connectivity index (χ4v) is 2.50. The van der Waals surface area contributed by atoms with E-state index in [2.05, 4.69) is 15.7 Å². The van der Waals surface area contributed by atoms with E-state index >= 15 is 0 Å². The molecular weight excluding hydrogens is 316 g/mol. The Labute approximate surface area is 146 Å². The summed E-state index contributed by atoms with van der Waals surface area (Å²) >= 11 is 0. The number of hydrogen-bond acceptors (Lipinski definition) is 3. The first-order valence-corrected chi connectivity index (χ1v) is 7.94. The van der Waals surface area contributed by atoms with Crippen LogP contribution in [0.15, 0.2) is 60.8 Å². The summed E-state index contributed by atoms with van der Waals surface area (Å²) in [6, 6.07) is 16.8. The predicted molar refractivity (Wildman–Crippen MR) is 97.2 cm³/mol. The average Bonchev–Trinajstić information content (AvgIpc) is 3.06. The van der Waals surface area contributed by atoms with Crippen LogP contribution < -0.4 is 15.4 Å². The smallest absolute Gasteiger partial charge is 0.319 e. The average molecular weight is 336 g/mol. The van der Waals surface area contributed by atoms with Gasteiger partial charge in [-0.3, -0.25) is 0 Å². The summed E-state index contributed by atoms with van der Waals surface area (Å²) in [6.07, 6.45) is 1.75. The van der Waals surface area contributed by atoms with Gasteiger partial charge >= 0.3 is 6.03 Å². The Kier molecular flexibility index (Phi) is 4.99. The van der Waals surface area contributed by atoms with Crippen molar-refractivity contribution in [1.82, 2.24) is 15.1 Å². The first kappa shape index (κ1) is 16.6. The van der Waals surface area contributed by atoms with E-state index in [0.29, 0.717) is 12.2 Å². The van der Waals surface area contributed by atoms with Crippen molar-refractivity contribution in [1.29, 1.82) is 0 Å². The summed E-state index contributed by atoms with van der Waals surface area (Å²) in [4.78, 5) is 12.1. The number of rotatable bonds is 5. The zero-order valence-corrected chi connectivity index (χ0v) is 14.2. The van der Waals surface area contributed by atoms with E-state index in [4.69, 9.17) is 4.74 Å². The van der Waals surface area contributed by atoms with Crippen LogP contribution in [0.25, 0.3) is 5.69 Å². The molecule has 0 spiro atoms. The van der Waals surface area contributed by atoms with Crippen LogP contribution in [0.1, 0.15) is 11.3 Å². The number of aryl methyl sites for hydroxylation is 1. The van der Waals surface area contributed by atoms with E-state index in [1.165, 1.54) is 0 Å². The lowest BCUT2D eigenvalue weighted by molar-refractivity contribution is 0.251. The summed E-state index contributed by atoms with van der Waals surface area (Å²) in [7, 11) is 1.62. The largest absolute Gasteiger partial charge is 0.497 e. The van der Waals surface area contributed by atoms with Gasteiger partial charge in [0.15, 0.2) is 0 Å². The molecule has 0 saturated carbocycles. The van der Waals surface area contributed by atoms with E-state index in [1.807, 2.05) is 66.2 Å². The molecule has 2 N–H and O–H groups in total. The van der Waals surface area contributed by atoms with Crippen LogP contribution in [0.5, 0.6) is 5.75 Å².